The molecule has 0 aromatic carbocycles. The summed E-state index contributed by atoms with van der Waals surface area (Å²) in [6.07, 6.45) is 8.96. The van der Waals surface area contributed by atoms with Crippen molar-refractivity contribution in [1.82, 2.24) is 0 Å². The van der Waals surface area contributed by atoms with Gasteiger partial charge >= 0.3 is 11.9 Å². The topological polar surface area (TPSA) is 83.8 Å². The number of aliphatic carboxylic acids is 2. The summed E-state index contributed by atoms with van der Waals surface area (Å²) in [6, 6.07) is 0. The molecule has 4 bridgehead atoms. The number of ether oxygens (including phenoxy) is 1. The van der Waals surface area contributed by atoms with Crippen molar-refractivity contribution in [2.45, 2.75) is 63.6 Å². The molecule has 0 spiro atoms. The third-order valence-electron chi connectivity index (χ3n) is 9.86. The van der Waals surface area contributed by atoms with Crippen LogP contribution in [0.25, 0.3) is 0 Å². The fourth-order valence-electron chi connectivity index (χ4n) is 8.96. The summed E-state index contributed by atoms with van der Waals surface area (Å²) in [5.41, 5.74) is 0. The summed E-state index contributed by atoms with van der Waals surface area (Å²) in [6.45, 7) is 0. The maximum absolute atomic E-state index is 11.4. The zero-order valence-electron chi connectivity index (χ0n) is 15.7. The first-order valence-corrected chi connectivity index (χ1v) is 11.1. The van der Waals surface area contributed by atoms with Gasteiger partial charge < -0.3 is 14.9 Å². The second-order valence-electron chi connectivity index (χ2n) is 10.7. The lowest BCUT2D eigenvalue weighted by molar-refractivity contribution is -0.142. The van der Waals surface area contributed by atoms with E-state index in [1.807, 2.05) is 0 Å². The summed E-state index contributed by atoms with van der Waals surface area (Å²) >= 11 is 0. The van der Waals surface area contributed by atoms with Gasteiger partial charge in [-0.15, -0.1) is 0 Å². The highest BCUT2D eigenvalue weighted by Gasteiger charge is 2.61. The molecular formula is C22H30O5. The molecule has 6 aliphatic carbocycles. The molecule has 6 rings (SSSR count). The lowest BCUT2D eigenvalue weighted by atomic mass is 9.78. The standard InChI is InChI=1S/C22H30O5/c23-21(24)11-3-13-9-1-17(15(13)5-11)19(7-9)27-20-8-10-2-18(20)16-6-12(22(25)26)4-14(10)16/h9-20H,1-8H2,(H,23,24)(H,25,26). The molecule has 0 aromatic heterocycles. The van der Waals surface area contributed by atoms with E-state index in [2.05, 4.69) is 0 Å². The Morgan fingerprint density at radius 1 is 0.556 bits per heavy atom. The minimum Gasteiger partial charge on any atom is -0.481 e. The van der Waals surface area contributed by atoms with E-state index in [1.165, 1.54) is 12.8 Å². The van der Waals surface area contributed by atoms with Crippen LogP contribution in [-0.2, 0) is 14.3 Å². The van der Waals surface area contributed by atoms with Crippen molar-refractivity contribution in [2.24, 2.45) is 59.2 Å². The zero-order chi connectivity index (χ0) is 18.4. The highest BCUT2D eigenvalue weighted by molar-refractivity contribution is 5.71. The second kappa shape index (κ2) is 5.71. The van der Waals surface area contributed by atoms with E-state index in [0.717, 1.165) is 38.5 Å². The molecule has 5 nitrogen and oxygen atoms in total. The van der Waals surface area contributed by atoms with Gasteiger partial charge in [-0.2, -0.15) is 0 Å². The molecule has 12 unspecified atom stereocenters. The first kappa shape index (κ1) is 16.8. The predicted molar refractivity (Wildman–Crippen MR) is 95.8 cm³/mol. The molecule has 0 aliphatic heterocycles. The Labute approximate surface area is 159 Å². The predicted octanol–water partition coefficient (Wildman–Crippen LogP) is 3.27. The van der Waals surface area contributed by atoms with E-state index in [-0.39, 0.29) is 11.8 Å². The number of carbonyl (C=O) groups is 2. The van der Waals surface area contributed by atoms with Gasteiger partial charge in [0.05, 0.1) is 24.0 Å². The number of carboxylic acids is 2. The Morgan fingerprint density at radius 3 is 1.37 bits per heavy atom. The quantitative estimate of drug-likeness (QED) is 0.789. The summed E-state index contributed by atoms with van der Waals surface area (Å²) in [4.78, 5) is 22.8. The molecule has 0 saturated heterocycles. The highest BCUT2D eigenvalue weighted by Crippen LogP contribution is 2.64. The highest BCUT2D eigenvalue weighted by atomic mass is 16.5. The van der Waals surface area contributed by atoms with E-state index in [9.17, 15) is 19.8 Å². The van der Waals surface area contributed by atoms with Gasteiger partial charge in [-0.3, -0.25) is 9.59 Å². The maximum atomic E-state index is 11.4. The molecule has 6 saturated carbocycles. The van der Waals surface area contributed by atoms with Gasteiger partial charge in [0.1, 0.15) is 0 Å². The first-order valence-electron chi connectivity index (χ1n) is 11.1. The number of fused-ring (bicyclic) bond motifs is 10. The number of hydrogen-bond acceptors (Lipinski definition) is 3. The van der Waals surface area contributed by atoms with Crippen LogP contribution in [0.2, 0.25) is 0 Å². The second-order valence-corrected chi connectivity index (χ2v) is 10.7. The summed E-state index contributed by atoms with van der Waals surface area (Å²) in [7, 11) is 0. The van der Waals surface area contributed by atoms with Crippen molar-refractivity contribution in [2.75, 3.05) is 0 Å². The molecule has 2 N–H and O–H groups in total. The van der Waals surface area contributed by atoms with Crippen LogP contribution in [0.1, 0.15) is 51.4 Å². The first-order chi connectivity index (χ1) is 13.0. The smallest absolute Gasteiger partial charge is 0.306 e. The Hall–Kier alpha value is -1.10. The van der Waals surface area contributed by atoms with Crippen molar-refractivity contribution in [1.29, 1.82) is 0 Å². The Bertz CT molecular complexity index is 620. The minimum absolute atomic E-state index is 0.126. The van der Waals surface area contributed by atoms with Crippen LogP contribution in [0.5, 0.6) is 0 Å². The van der Waals surface area contributed by atoms with Crippen molar-refractivity contribution < 1.29 is 24.5 Å². The van der Waals surface area contributed by atoms with Crippen LogP contribution >= 0.6 is 0 Å². The lowest BCUT2D eigenvalue weighted by Gasteiger charge is -2.37. The van der Waals surface area contributed by atoms with Gasteiger partial charge in [0.15, 0.2) is 0 Å². The maximum Gasteiger partial charge on any atom is 0.306 e. The molecule has 27 heavy (non-hydrogen) atoms. The fraction of sp³-hybridized carbons (Fsp3) is 0.909. The average Bonchev–Trinajstić information content (AvgIpc) is 3.39. The van der Waals surface area contributed by atoms with Crippen LogP contribution in [0.3, 0.4) is 0 Å². The zero-order valence-corrected chi connectivity index (χ0v) is 15.7. The van der Waals surface area contributed by atoms with E-state index in [4.69, 9.17) is 4.74 Å². The van der Waals surface area contributed by atoms with Crippen LogP contribution in [0.15, 0.2) is 0 Å². The summed E-state index contributed by atoms with van der Waals surface area (Å²) in [5.74, 6) is 3.48. The summed E-state index contributed by atoms with van der Waals surface area (Å²) < 4.78 is 6.75. The van der Waals surface area contributed by atoms with Crippen LogP contribution in [0, 0.1) is 59.2 Å². The van der Waals surface area contributed by atoms with Gasteiger partial charge in [0.25, 0.3) is 0 Å². The van der Waals surface area contributed by atoms with Crippen molar-refractivity contribution >= 4 is 11.9 Å². The molecule has 6 fully saturated rings. The Morgan fingerprint density at radius 2 is 0.963 bits per heavy atom. The van der Waals surface area contributed by atoms with E-state index in [0.29, 0.717) is 59.6 Å². The van der Waals surface area contributed by atoms with Crippen molar-refractivity contribution in [3.8, 4) is 0 Å². The molecule has 0 aromatic rings. The lowest BCUT2D eigenvalue weighted by Crippen LogP contribution is -2.38. The minimum atomic E-state index is -0.602. The van der Waals surface area contributed by atoms with E-state index >= 15 is 0 Å². The average molecular weight is 374 g/mol. The van der Waals surface area contributed by atoms with Gasteiger partial charge in [0.2, 0.25) is 0 Å². The molecule has 148 valence electrons. The normalized spacial score (nSPS) is 57.2. The monoisotopic (exact) mass is 374 g/mol. The van der Waals surface area contributed by atoms with Gasteiger partial charge in [-0.25, -0.2) is 0 Å². The van der Waals surface area contributed by atoms with E-state index < -0.39 is 11.9 Å². The van der Waals surface area contributed by atoms with Crippen molar-refractivity contribution in [3.05, 3.63) is 0 Å². The Balaban J connectivity index is 1.12. The Kier molecular flexibility index (Phi) is 3.56. The molecule has 0 radical (unpaired) electrons. The molecule has 6 aliphatic rings. The van der Waals surface area contributed by atoms with E-state index in [1.54, 1.807) is 0 Å². The molecule has 0 amide bonds. The van der Waals surface area contributed by atoms with Crippen LogP contribution in [0.4, 0.5) is 0 Å². The number of carboxylic acid groups (broad SMARTS) is 2. The van der Waals surface area contributed by atoms with Gasteiger partial charge in [-0.05, 0) is 98.7 Å². The van der Waals surface area contributed by atoms with Crippen molar-refractivity contribution in [3.63, 3.8) is 0 Å². The SMILES string of the molecule is O=C(O)C1CC2C3CC(OC4CC5CC4C4CC(C(=O)O)CC54)C(C3)C2C1. The summed E-state index contributed by atoms with van der Waals surface area (Å²) in [5, 5.41) is 18.8. The van der Waals surface area contributed by atoms with Crippen LogP contribution in [-0.4, -0.2) is 34.4 Å². The fourth-order valence-corrected chi connectivity index (χ4v) is 8.96. The third-order valence-corrected chi connectivity index (χ3v) is 9.86. The molecular weight excluding hydrogens is 344 g/mol. The molecule has 0 heterocycles. The van der Waals surface area contributed by atoms with Crippen LogP contribution < -0.4 is 0 Å². The number of rotatable bonds is 4. The van der Waals surface area contributed by atoms with Gasteiger partial charge in [0, 0.05) is 0 Å². The largest absolute Gasteiger partial charge is 0.481 e. The third kappa shape index (κ3) is 2.33. The van der Waals surface area contributed by atoms with Gasteiger partial charge in [-0.1, -0.05) is 0 Å². The number of hydrogen-bond donors (Lipinski definition) is 2. The molecule has 12 atom stereocenters. The molecule has 5 heteroatoms.